The molecule has 2 aliphatic rings. The number of nitrogens with zero attached hydrogens (tertiary/aromatic N) is 2. The molecule has 0 bridgehead atoms. The van der Waals surface area contributed by atoms with Crippen LogP contribution in [0.1, 0.15) is 32.6 Å². The summed E-state index contributed by atoms with van der Waals surface area (Å²) >= 11 is 0. The topological polar surface area (TPSA) is 60.9 Å². The molecule has 2 rings (SSSR count). The van der Waals surface area contributed by atoms with Gasteiger partial charge in [0.05, 0.1) is 11.8 Å². The highest BCUT2D eigenvalue weighted by Gasteiger charge is 2.43. The van der Waals surface area contributed by atoms with Gasteiger partial charge in [0.2, 0.25) is 5.91 Å². The number of amides is 1. The van der Waals surface area contributed by atoms with E-state index in [2.05, 4.69) is 18.9 Å². The van der Waals surface area contributed by atoms with Gasteiger partial charge in [-0.05, 0) is 38.8 Å². The molecule has 5 nitrogen and oxygen atoms in total. The fourth-order valence-corrected chi connectivity index (χ4v) is 3.52. The minimum Gasteiger partial charge on any atom is -0.481 e. The average molecular weight is 282 g/mol. The summed E-state index contributed by atoms with van der Waals surface area (Å²) in [7, 11) is 2.07. The first-order chi connectivity index (χ1) is 9.52. The smallest absolute Gasteiger partial charge is 0.307 e. The Kier molecular flexibility index (Phi) is 5.02. The molecular weight excluding hydrogens is 256 g/mol. The van der Waals surface area contributed by atoms with Crippen LogP contribution in [0.2, 0.25) is 0 Å². The van der Waals surface area contributed by atoms with Crippen molar-refractivity contribution in [2.24, 2.45) is 17.8 Å². The first-order valence-corrected chi connectivity index (χ1v) is 7.73. The quantitative estimate of drug-likeness (QED) is 0.847. The summed E-state index contributed by atoms with van der Waals surface area (Å²) in [4.78, 5) is 28.2. The molecule has 0 spiro atoms. The molecule has 2 fully saturated rings. The lowest BCUT2D eigenvalue weighted by atomic mass is 9.94. The number of rotatable bonds is 3. The van der Waals surface area contributed by atoms with E-state index < -0.39 is 11.9 Å². The maximum absolute atomic E-state index is 12.7. The van der Waals surface area contributed by atoms with Crippen LogP contribution in [0, 0.1) is 17.8 Å². The zero-order chi connectivity index (χ0) is 14.7. The molecule has 1 heterocycles. The highest BCUT2D eigenvalue weighted by Crippen LogP contribution is 2.39. The van der Waals surface area contributed by atoms with Crippen LogP contribution < -0.4 is 0 Å². The van der Waals surface area contributed by atoms with Crippen molar-refractivity contribution in [2.75, 3.05) is 33.2 Å². The predicted molar refractivity (Wildman–Crippen MR) is 76.3 cm³/mol. The summed E-state index contributed by atoms with van der Waals surface area (Å²) in [5, 5.41) is 9.36. The van der Waals surface area contributed by atoms with E-state index in [0.717, 1.165) is 45.4 Å². The molecule has 1 aliphatic heterocycles. The van der Waals surface area contributed by atoms with E-state index in [0.29, 0.717) is 12.3 Å². The van der Waals surface area contributed by atoms with Crippen molar-refractivity contribution in [3.8, 4) is 0 Å². The Morgan fingerprint density at radius 3 is 2.45 bits per heavy atom. The Bertz CT molecular complexity index is 372. The van der Waals surface area contributed by atoms with Gasteiger partial charge in [-0.3, -0.25) is 9.59 Å². The predicted octanol–water partition coefficient (Wildman–Crippen LogP) is 1.29. The monoisotopic (exact) mass is 282 g/mol. The average Bonchev–Trinajstić information content (AvgIpc) is 2.75. The SMILES string of the molecule is CCC1C[C@H](C(=O)N2CCCN(C)CC2)[C@H](C(=O)O)C1. The molecule has 0 aromatic carbocycles. The van der Waals surface area contributed by atoms with Gasteiger partial charge in [0.1, 0.15) is 0 Å². The Morgan fingerprint density at radius 2 is 1.80 bits per heavy atom. The van der Waals surface area contributed by atoms with Crippen molar-refractivity contribution in [3.63, 3.8) is 0 Å². The maximum Gasteiger partial charge on any atom is 0.307 e. The van der Waals surface area contributed by atoms with Crippen molar-refractivity contribution in [1.82, 2.24) is 9.80 Å². The lowest BCUT2D eigenvalue weighted by Gasteiger charge is -2.26. The second-order valence-electron chi connectivity index (χ2n) is 6.28. The summed E-state index contributed by atoms with van der Waals surface area (Å²) in [6, 6.07) is 0. The molecule has 0 radical (unpaired) electrons. The number of carbonyl (C=O) groups is 2. The number of aliphatic carboxylic acids is 1. The van der Waals surface area contributed by atoms with Crippen LogP contribution >= 0.6 is 0 Å². The van der Waals surface area contributed by atoms with Crippen molar-refractivity contribution >= 4 is 11.9 Å². The first kappa shape index (κ1) is 15.3. The van der Waals surface area contributed by atoms with Gasteiger partial charge in [0.15, 0.2) is 0 Å². The summed E-state index contributed by atoms with van der Waals surface area (Å²) < 4.78 is 0. The largest absolute Gasteiger partial charge is 0.481 e. The van der Waals surface area contributed by atoms with Gasteiger partial charge in [0, 0.05) is 19.6 Å². The lowest BCUT2D eigenvalue weighted by Crippen LogP contribution is -2.41. The molecule has 1 amide bonds. The van der Waals surface area contributed by atoms with Crippen molar-refractivity contribution < 1.29 is 14.7 Å². The number of carboxylic acids is 1. The van der Waals surface area contributed by atoms with Gasteiger partial charge in [-0.1, -0.05) is 13.3 Å². The van der Waals surface area contributed by atoms with E-state index in [4.69, 9.17) is 0 Å². The van der Waals surface area contributed by atoms with Crippen LogP contribution in [-0.4, -0.2) is 60.0 Å². The van der Waals surface area contributed by atoms with E-state index in [-0.39, 0.29) is 11.8 Å². The number of hydrogen-bond donors (Lipinski definition) is 1. The minimum atomic E-state index is -0.800. The normalized spacial score (nSPS) is 32.1. The van der Waals surface area contributed by atoms with Gasteiger partial charge < -0.3 is 14.9 Å². The van der Waals surface area contributed by atoms with Crippen molar-refractivity contribution in [3.05, 3.63) is 0 Å². The Morgan fingerprint density at radius 1 is 1.10 bits per heavy atom. The fraction of sp³-hybridized carbons (Fsp3) is 0.867. The molecule has 0 aromatic rings. The molecule has 20 heavy (non-hydrogen) atoms. The molecule has 0 aromatic heterocycles. The van der Waals surface area contributed by atoms with Gasteiger partial charge in [-0.15, -0.1) is 0 Å². The highest BCUT2D eigenvalue weighted by molar-refractivity contribution is 5.85. The molecule has 114 valence electrons. The summed E-state index contributed by atoms with van der Waals surface area (Å²) in [6.45, 7) is 5.47. The van der Waals surface area contributed by atoms with E-state index >= 15 is 0 Å². The highest BCUT2D eigenvalue weighted by atomic mass is 16.4. The Balaban J connectivity index is 2.04. The van der Waals surface area contributed by atoms with E-state index in [1.165, 1.54) is 0 Å². The van der Waals surface area contributed by atoms with Crippen molar-refractivity contribution in [1.29, 1.82) is 0 Å². The Hall–Kier alpha value is -1.10. The molecule has 1 unspecified atom stereocenters. The van der Waals surface area contributed by atoms with Gasteiger partial charge >= 0.3 is 5.97 Å². The van der Waals surface area contributed by atoms with Crippen molar-refractivity contribution in [2.45, 2.75) is 32.6 Å². The summed E-state index contributed by atoms with van der Waals surface area (Å²) in [5.41, 5.74) is 0. The van der Waals surface area contributed by atoms with Gasteiger partial charge in [-0.25, -0.2) is 0 Å². The van der Waals surface area contributed by atoms with Gasteiger partial charge in [-0.2, -0.15) is 0 Å². The van der Waals surface area contributed by atoms with E-state index in [1.54, 1.807) is 0 Å². The maximum atomic E-state index is 12.7. The van der Waals surface area contributed by atoms with Crippen LogP contribution in [0.4, 0.5) is 0 Å². The number of hydrogen-bond acceptors (Lipinski definition) is 3. The van der Waals surface area contributed by atoms with Crippen LogP contribution in [0.3, 0.4) is 0 Å². The third-order valence-electron chi connectivity index (χ3n) is 4.90. The summed E-state index contributed by atoms with van der Waals surface area (Å²) in [5.74, 6) is -1.12. The van der Waals surface area contributed by atoms with Crippen LogP contribution in [0.15, 0.2) is 0 Å². The standard InChI is InChI=1S/C15H26N2O3/c1-3-11-9-12(13(10-11)15(19)20)14(18)17-6-4-5-16(2)7-8-17/h11-13H,3-10H2,1-2H3,(H,19,20)/t11?,12-,13+/m0/s1. The van der Waals surface area contributed by atoms with Crippen LogP contribution in [0.5, 0.6) is 0 Å². The lowest BCUT2D eigenvalue weighted by molar-refractivity contribution is -0.149. The minimum absolute atomic E-state index is 0.0728. The molecule has 3 atom stereocenters. The molecule has 5 heteroatoms. The van der Waals surface area contributed by atoms with E-state index in [9.17, 15) is 14.7 Å². The fourth-order valence-electron chi connectivity index (χ4n) is 3.52. The molecule has 1 N–H and O–H groups in total. The Labute approximate surface area is 120 Å². The zero-order valence-corrected chi connectivity index (χ0v) is 12.5. The first-order valence-electron chi connectivity index (χ1n) is 7.73. The third kappa shape index (κ3) is 3.32. The zero-order valence-electron chi connectivity index (χ0n) is 12.5. The van der Waals surface area contributed by atoms with Gasteiger partial charge in [0.25, 0.3) is 0 Å². The molecular formula is C15H26N2O3. The molecule has 1 aliphatic carbocycles. The molecule has 1 saturated carbocycles. The second kappa shape index (κ2) is 6.57. The van der Waals surface area contributed by atoms with Crippen LogP contribution in [0.25, 0.3) is 0 Å². The van der Waals surface area contributed by atoms with E-state index in [1.807, 2.05) is 4.90 Å². The molecule has 1 saturated heterocycles. The third-order valence-corrected chi connectivity index (χ3v) is 4.90. The second-order valence-corrected chi connectivity index (χ2v) is 6.28. The van der Waals surface area contributed by atoms with Crippen LogP contribution in [-0.2, 0) is 9.59 Å². The number of carboxylic acid groups (broad SMARTS) is 1. The summed E-state index contributed by atoms with van der Waals surface area (Å²) in [6.07, 6.45) is 3.36. The number of carbonyl (C=O) groups excluding carboxylic acids is 1. The number of likely N-dealkylation sites (N-methyl/N-ethyl adjacent to an activating group) is 1.